The monoisotopic (exact) mass is 331 g/mol. The number of para-hydroxylation sites is 1. The van der Waals surface area contributed by atoms with Crippen LogP contribution in [-0.2, 0) is 13.1 Å². The molecule has 0 radical (unpaired) electrons. The zero-order valence-corrected chi connectivity index (χ0v) is 13.6. The molecule has 0 saturated heterocycles. The first kappa shape index (κ1) is 15.3. The van der Waals surface area contributed by atoms with E-state index in [1.807, 2.05) is 59.3 Å². The Morgan fingerprint density at radius 1 is 1.00 bits per heavy atom. The molecule has 1 N–H and O–H groups in total. The van der Waals surface area contributed by atoms with Gasteiger partial charge < -0.3 is 19.4 Å². The molecule has 124 valence electrons. The highest BCUT2D eigenvalue weighted by Crippen LogP contribution is 2.32. The minimum absolute atomic E-state index is 0.290. The van der Waals surface area contributed by atoms with Crippen molar-refractivity contribution in [3.8, 4) is 23.3 Å². The molecule has 3 aromatic rings. The van der Waals surface area contributed by atoms with Crippen molar-refractivity contribution in [3.05, 3.63) is 77.6 Å². The van der Waals surface area contributed by atoms with E-state index in [1.54, 1.807) is 0 Å². The maximum absolute atomic E-state index is 9.31. The lowest BCUT2D eigenvalue weighted by Crippen LogP contribution is -2.15. The summed E-state index contributed by atoms with van der Waals surface area (Å²) in [6, 6.07) is 19.9. The number of benzene rings is 2. The van der Waals surface area contributed by atoms with Gasteiger partial charge in [-0.2, -0.15) is 5.26 Å². The van der Waals surface area contributed by atoms with E-state index in [-0.39, 0.29) is 6.79 Å². The van der Waals surface area contributed by atoms with E-state index >= 15 is 0 Å². The number of aromatic nitrogens is 1. The molecule has 2 heterocycles. The molecule has 0 saturated carbocycles. The first-order chi connectivity index (χ1) is 12.3. The van der Waals surface area contributed by atoms with E-state index in [1.165, 1.54) is 0 Å². The lowest BCUT2D eigenvalue weighted by Gasteiger charge is -2.12. The van der Waals surface area contributed by atoms with Crippen LogP contribution in [0.2, 0.25) is 0 Å². The average Bonchev–Trinajstić information content (AvgIpc) is 3.30. The maximum atomic E-state index is 9.31. The van der Waals surface area contributed by atoms with E-state index in [4.69, 9.17) is 9.47 Å². The number of nitrogens with zero attached hydrogens (tertiary/aromatic N) is 2. The number of ether oxygens (including phenoxy) is 2. The van der Waals surface area contributed by atoms with Gasteiger partial charge in [0.15, 0.2) is 11.5 Å². The van der Waals surface area contributed by atoms with Crippen molar-refractivity contribution in [1.82, 2.24) is 9.88 Å². The van der Waals surface area contributed by atoms with Gasteiger partial charge in [-0.05, 0) is 42.0 Å². The Kier molecular flexibility index (Phi) is 4.11. The maximum Gasteiger partial charge on any atom is 0.231 e. The van der Waals surface area contributed by atoms with Gasteiger partial charge in [0.05, 0.1) is 11.3 Å². The highest BCUT2D eigenvalue weighted by atomic mass is 16.7. The summed E-state index contributed by atoms with van der Waals surface area (Å²) in [7, 11) is 0. The van der Waals surface area contributed by atoms with Gasteiger partial charge in [-0.1, -0.05) is 18.2 Å². The SMILES string of the molecule is N#Cc1ccccc1-n1cccc1CNCc1ccc2c(c1)OCO2. The van der Waals surface area contributed by atoms with E-state index in [0.717, 1.165) is 35.0 Å². The van der Waals surface area contributed by atoms with Crippen molar-refractivity contribution < 1.29 is 9.47 Å². The minimum atomic E-state index is 0.290. The fourth-order valence-corrected chi connectivity index (χ4v) is 2.96. The standard InChI is InChI=1S/C20H17N3O2/c21-11-16-4-1-2-6-18(16)23-9-3-5-17(23)13-22-12-15-7-8-19-20(10-15)25-14-24-19/h1-10,22H,12-14H2. The van der Waals surface area contributed by atoms with Gasteiger partial charge in [0.25, 0.3) is 0 Å². The van der Waals surface area contributed by atoms with Gasteiger partial charge in [0.1, 0.15) is 6.07 Å². The molecule has 1 aliphatic heterocycles. The second kappa shape index (κ2) is 6.71. The van der Waals surface area contributed by atoms with Crippen molar-refractivity contribution in [3.63, 3.8) is 0 Å². The second-order valence-electron chi connectivity index (χ2n) is 5.79. The first-order valence-electron chi connectivity index (χ1n) is 8.10. The summed E-state index contributed by atoms with van der Waals surface area (Å²) in [5.74, 6) is 1.59. The number of fused-ring (bicyclic) bond motifs is 1. The molecule has 5 nitrogen and oxygen atoms in total. The predicted octanol–water partition coefficient (Wildman–Crippen LogP) is 3.37. The summed E-state index contributed by atoms with van der Waals surface area (Å²) in [6.45, 7) is 1.71. The van der Waals surface area contributed by atoms with Gasteiger partial charge in [-0.3, -0.25) is 0 Å². The van der Waals surface area contributed by atoms with Gasteiger partial charge in [0.2, 0.25) is 6.79 Å². The molecule has 4 rings (SSSR count). The Morgan fingerprint density at radius 3 is 2.80 bits per heavy atom. The van der Waals surface area contributed by atoms with Crippen LogP contribution in [0, 0.1) is 11.3 Å². The summed E-state index contributed by atoms with van der Waals surface area (Å²) < 4.78 is 12.8. The molecule has 0 bridgehead atoms. The van der Waals surface area contributed by atoms with Crippen LogP contribution in [0.15, 0.2) is 60.8 Å². The van der Waals surface area contributed by atoms with Crippen LogP contribution >= 0.6 is 0 Å². The lowest BCUT2D eigenvalue weighted by molar-refractivity contribution is 0.174. The fraction of sp³-hybridized carbons (Fsp3) is 0.150. The van der Waals surface area contributed by atoms with Crippen molar-refractivity contribution in [1.29, 1.82) is 5.26 Å². The van der Waals surface area contributed by atoms with E-state index in [2.05, 4.69) is 17.5 Å². The molecule has 0 fully saturated rings. The highest BCUT2D eigenvalue weighted by Gasteiger charge is 2.13. The molecule has 0 amide bonds. The summed E-state index contributed by atoms with van der Waals surface area (Å²) in [6.07, 6.45) is 1.98. The Bertz CT molecular complexity index is 940. The third-order valence-electron chi connectivity index (χ3n) is 4.19. The number of nitriles is 1. The summed E-state index contributed by atoms with van der Waals surface area (Å²) in [5, 5.41) is 12.8. The number of nitrogens with one attached hydrogen (secondary N) is 1. The molecule has 0 unspecified atom stereocenters. The van der Waals surface area contributed by atoms with Crippen LogP contribution in [0.1, 0.15) is 16.8 Å². The summed E-state index contributed by atoms with van der Waals surface area (Å²) in [4.78, 5) is 0. The highest BCUT2D eigenvalue weighted by molar-refractivity contribution is 5.50. The smallest absolute Gasteiger partial charge is 0.231 e. The molecule has 25 heavy (non-hydrogen) atoms. The van der Waals surface area contributed by atoms with Crippen LogP contribution in [0.25, 0.3) is 5.69 Å². The fourth-order valence-electron chi connectivity index (χ4n) is 2.96. The van der Waals surface area contributed by atoms with Gasteiger partial charge in [0, 0.05) is 25.0 Å². The molecule has 0 aliphatic carbocycles. The predicted molar refractivity (Wildman–Crippen MR) is 93.6 cm³/mol. The minimum Gasteiger partial charge on any atom is -0.454 e. The van der Waals surface area contributed by atoms with Crippen LogP contribution < -0.4 is 14.8 Å². The Balaban J connectivity index is 1.46. The number of rotatable bonds is 5. The van der Waals surface area contributed by atoms with Crippen LogP contribution in [-0.4, -0.2) is 11.4 Å². The number of hydrogen-bond acceptors (Lipinski definition) is 4. The van der Waals surface area contributed by atoms with Crippen molar-refractivity contribution in [2.24, 2.45) is 0 Å². The van der Waals surface area contributed by atoms with E-state index in [9.17, 15) is 5.26 Å². The molecular formula is C20H17N3O2. The van der Waals surface area contributed by atoms with Crippen molar-refractivity contribution >= 4 is 0 Å². The molecule has 0 spiro atoms. The Hall–Kier alpha value is -3.23. The topological polar surface area (TPSA) is 59.2 Å². The Labute approximate surface area is 146 Å². The van der Waals surface area contributed by atoms with Crippen molar-refractivity contribution in [2.75, 3.05) is 6.79 Å². The molecule has 5 heteroatoms. The quantitative estimate of drug-likeness (QED) is 0.779. The second-order valence-corrected chi connectivity index (χ2v) is 5.79. The zero-order chi connectivity index (χ0) is 17.1. The lowest BCUT2D eigenvalue weighted by atomic mass is 10.2. The zero-order valence-electron chi connectivity index (χ0n) is 13.6. The van der Waals surface area contributed by atoms with Crippen LogP contribution in [0.3, 0.4) is 0 Å². The third-order valence-corrected chi connectivity index (χ3v) is 4.19. The Morgan fingerprint density at radius 2 is 1.88 bits per heavy atom. The molecule has 0 atom stereocenters. The molecular weight excluding hydrogens is 314 g/mol. The summed E-state index contributed by atoms with van der Waals surface area (Å²) >= 11 is 0. The largest absolute Gasteiger partial charge is 0.454 e. The van der Waals surface area contributed by atoms with Crippen LogP contribution in [0.5, 0.6) is 11.5 Å². The first-order valence-corrected chi connectivity index (χ1v) is 8.10. The van der Waals surface area contributed by atoms with E-state index < -0.39 is 0 Å². The van der Waals surface area contributed by atoms with Crippen molar-refractivity contribution in [2.45, 2.75) is 13.1 Å². The molecule has 1 aromatic heterocycles. The third kappa shape index (κ3) is 3.08. The number of hydrogen-bond donors (Lipinski definition) is 1. The van der Waals surface area contributed by atoms with Gasteiger partial charge in [-0.25, -0.2) is 0 Å². The molecule has 1 aliphatic rings. The van der Waals surface area contributed by atoms with Gasteiger partial charge >= 0.3 is 0 Å². The normalized spacial score (nSPS) is 12.1. The van der Waals surface area contributed by atoms with Crippen LogP contribution in [0.4, 0.5) is 0 Å². The molecule has 2 aromatic carbocycles. The summed E-state index contributed by atoms with van der Waals surface area (Å²) in [5.41, 5.74) is 3.80. The average molecular weight is 331 g/mol. The van der Waals surface area contributed by atoms with E-state index in [0.29, 0.717) is 12.1 Å². The van der Waals surface area contributed by atoms with Gasteiger partial charge in [-0.15, -0.1) is 0 Å².